The standard InChI is InChI=1S/C16H19NS/c1-12(17)14-8-10-16(11-9-14)18-13(2)15-6-4-3-5-7-15/h3-13H,17H2,1-2H3. The fourth-order valence-electron chi connectivity index (χ4n) is 1.85. The molecule has 2 unspecified atom stereocenters. The lowest BCUT2D eigenvalue weighted by atomic mass is 10.1. The number of thioether (sulfide) groups is 1. The Hall–Kier alpha value is -1.25. The van der Waals surface area contributed by atoms with Crippen molar-refractivity contribution < 1.29 is 0 Å². The van der Waals surface area contributed by atoms with Crippen LogP contribution < -0.4 is 5.73 Å². The summed E-state index contributed by atoms with van der Waals surface area (Å²) in [5, 5.41) is 0.465. The van der Waals surface area contributed by atoms with Crippen molar-refractivity contribution in [3.8, 4) is 0 Å². The zero-order chi connectivity index (χ0) is 13.0. The lowest BCUT2D eigenvalue weighted by Gasteiger charge is -2.12. The third-order valence-corrected chi connectivity index (χ3v) is 4.16. The first-order chi connectivity index (χ1) is 8.66. The Balaban J connectivity index is 2.05. The highest BCUT2D eigenvalue weighted by Crippen LogP contribution is 2.34. The Kier molecular flexibility index (Phi) is 4.45. The number of nitrogens with two attached hydrogens (primary N) is 1. The van der Waals surface area contributed by atoms with E-state index in [9.17, 15) is 0 Å². The highest BCUT2D eigenvalue weighted by Gasteiger charge is 2.07. The van der Waals surface area contributed by atoms with Crippen LogP contribution >= 0.6 is 11.8 Å². The maximum absolute atomic E-state index is 5.85. The molecule has 2 heteroatoms. The molecule has 18 heavy (non-hydrogen) atoms. The summed E-state index contributed by atoms with van der Waals surface area (Å²) in [6.07, 6.45) is 0. The molecular formula is C16H19NS. The minimum absolute atomic E-state index is 0.107. The first-order valence-electron chi connectivity index (χ1n) is 6.24. The van der Waals surface area contributed by atoms with Crippen LogP contribution in [0.25, 0.3) is 0 Å². The molecule has 0 aliphatic heterocycles. The van der Waals surface area contributed by atoms with E-state index in [1.165, 1.54) is 16.0 Å². The summed E-state index contributed by atoms with van der Waals surface area (Å²) < 4.78 is 0. The van der Waals surface area contributed by atoms with Crippen molar-refractivity contribution in [2.75, 3.05) is 0 Å². The summed E-state index contributed by atoms with van der Waals surface area (Å²) in [5.74, 6) is 0. The molecule has 94 valence electrons. The maximum Gasteiger partial charge on any atom is 0.0316 e. The van der Waals surface area contributed by atoms with E-state index >= 15 is 0 Å². The molecule has 0 aliphatic rings. The molecule has 0 bridgehead atoms. The normalized spacial score (nSPS) is 14.2. The summed E-state index contributed by atoms with van der Waals surface area (Å²) in [7, 11) is 0. The molecule has 0 heterocycles. The van der Waals surface area contributed by atoms with Gasteiger partial charge in [0.25, 0.3) is 0 Å². The first kappa shape index (κ1) is 13.2. The molecule has 0 aromatic heterocycles. The smallest absolute Gasteiger partial charge is 0.0316 e. The summed E-state index contributed by atoms with van der Waals surface area (Å²) in [6, 6.07) is 19.2. The summed E-state index contributed by atoms with van der Waals surface area (Å²) in [4.78, 5) is 1.29. The van der Waals surface area contributed by atoms with E-state index in [-0.39, 0.29) is 6.04 Å². The highest BCUT2D eigenvalue weighted by atomic mass is 32.2. The van der Waals surface area contributed by atoms with Crippen LogP contribution in [0.15, 0.2) is 59.5 Å². The van der Waals surface area contributed by atoms with E-state index in [0.717, 1.165) is 0 Å². The van der Waals surface area contributed by atoms with Gasteiger partial charge in [0, 0.05) is 16.2 Å². The van der Waals surface area contributed by atoms with Gasteiger partial charge in [0.2, 0.25) is 0 Å². The van der Waals surface area contributed by atoms with Gasteiger partial charge in [0.1, 0.15) is 0 Å². The molecule has 0 spiro atoms. The van der Waals surface area contributed by atoms with Gasteiger partial charge in [-0.3, -0.25) is 0 Å². The quantitative estimate of drug-likeness (QED) is 0.813. The van der Waals surface area contributed by atoms with Crippen LogP contribution in [0.5, 0.6) is 0 Å². The maximum atomic E-state index is 5.85. The van der Waals surface area contributed by atoms with Gasteiger partial charge in [-0.2, -0.15) is 0 Å². The summed E-state index contributed by atoms with van der Waals surface area (Å²) >= 11 is 1.88. The molecular weight excluding hydrogens is 238 g/mol. The van der Waals surface area contributed by atoms with Crippen LogP contribution in [0.1, 0.15) is 36.3 Å². The van der Waals surface area contributed by atoms with Crippen LogP contribution in [-0.4, -0.2) is 0 Å². The average Bonchev–Trinajstić information content (AvgIpc) is 2.40. The zero-order valence-electron chi connectivity index (χ0n) is 10.8. The van der Waals surface area contributed by atoms with Gasteiger partial charge >= 0.3 is 0 Å². The van der Waals surface area contributed by atoms with Crippen LogP contribution in [0.2, 0.25) is 0 Å². The van der Waals surface area contributed by atoms with Gasteiger partial charge < -0.3 is 5.73 Å². The van der Waals surface area contributed by atoms with E-state index in [2.05, 4.69) is 61.5 Å². The largest absolute Gasteiger partial charge is 0.324 e. The minimum atomic E-state index is 0.107. The topological polar surface area (TPSA) is 26.0 Å². The van der Waals surface area contributed by atoms with E-state index in [0.29, 0.717) is 5.25 Å². The van der Waals surface area contributed by atoms with E-state index in [1.807, 2.05) is 18.7 Å². The molecule has 2 rings (SSSR count). The van der Waals surface area contributed by atoms with Gasteiger partial charge in [-0.05, 0) is 37.1 Å². The van der Waals surface area contributed by atoms with Gasteiger partial charge in [-0.25, -0.2) is 0 Å². The van der Waals surface area contributed by atoms with Crippen LogP contribution in [-0.2, 0) is 0 Å². The molecule has 2 atom stereocenters. The Labute approximate surface area is 113 Å². The Morgan fingerprint density at radius 1 is 0.833 bits per heavy atom. The fraction of sp³-hybridized carbons (Fsp3) is 0.250. The first-order valence-corrected chi connectivity index (χ1v) is 7.12. The lowest BCUT2D eigenvalue weighted by Crippen LogP contribution is -2.04. The van der Waals surface area contributed by atoms with Crippen LogP contribution in [0.4, 0.5) is 0 Å². The second-order valence-electron chi connectivity index (χ2n) is 4.53. The Morgan fingerprint density at radius 2 is 1.44 bits per heavy atom. The molecule has 0 aliphatic carbocycles. The van der Waals surface area contributed by atoms with Gasteiger partial charge in [0.05, 0.1) is 0 Å². The van der Waals surface area contributed by atoms with Gasteiger partial charge in [-0.15, -0.1) is 11.8 Å². The molecule has 0 amide bonds. The number of benzene rings is 2. The predicted octanol–water partition coefficient (Wildman–Crippen LogP) is 4.56. The Bertz CT molecular complexity index is 476. The summed E-state index contributed by atoms with van der Waals surface area (Å²) in [5.41, 5.74) is 8.40. The Morgan fingerprint density at radius 3 is 2.00 bits per heavy atom. The SMILES string of the molecule is CC(N)c1ccc(SC(C)c2ccccc2)cc1. The van der Waals surface area contributed by atoms with Crippen molar-refractivity contribution in [3.05, 3.63) is 65.7 Å². The molecule has 0 radical (unpaired) electrons. The number of hydrogen-bond donors (Lipinski definition) is 1. The number of rotatable bonds is 4. The van der Waals surface area contributed by atoms with Gasteiger partial charge in [-0.1, -0.05) is 42.5 Å². The molecule has 1 nitrogen and oxygen atoms in total. The van der Waals surface area contributed by atoms with Crippen molar-refractivity contribution in [1.82, 2.24) is 0 Å². The third kappa shape index (κ3) is 3.37. The molecule has 2 N–H and O–H groups in total. The molecule has 0 fully saturated rings. The molecule has 2 aromatic rings. The zero-order valence-corrected chi connectivity index (χ0v) is 11.7. The second-order valence-corrected chi connectivity index (χ2v) is 5.94. The lowest BCUT2D eigenvalue weighted by molar-refractivity contribution is 0.817. The van der Waals surface area contributed by atoms with E-state index in [1.54, 1.807) is 0 Å². The molecule has 2 aromatic carbocycles. The third-order valence-electron chi connectivity index (χ3n) is 2.99. The van der Waals surface area contributed by atoms with Crippen molar-refractivity contribution >= 4 is 11.8 Å². The van der Waals surface area contributed by atoms with Crippen molar-refractivity contribution in [2.24, 2.45) is 5.73 Å². The van der Waals surface area contributed by atoms with E-state index < -0.39 is 0 Å². The average molecular weight is 257 g/mol. The summed E-state index contributed by atoms with van der Waals surface area (Å²) in [6.45, 7) is 4.24. The molecule has 0 saturated heterocycles. The monoisotopic (exact) mass is 257 g/mol. The minimum Gasteiger partial charge on any atom is -0.324 e. The van der Waals surface area contributed by atoms with Crippen molar-refractivity contribution in [3.63, 3.8) is 0 Å². The predicted molar refractivity (Wildman–Crippen MR) is 79.8 cm³/mol. The van der Waals surface area contributed by atoms with E-state index in [4.69, 9.17) is 5.73 Å². The van der Waals surface area contributed by atoms with Crippen LogP contribution in [0, 0.1) is 0 Å². The van der Waals surface area contributed by atoms with Crippen molar-refractivity contribution in [2.45, 2.75) is 30.0 Å². The fourth-order valence-corrected chi connectivity index (χ4v) is 2.84. The van der Waals surface area contributed by atoms with Gasteiger partial charge in [0.15, 0.2) is 0 Å². The van der Waals surface area contributed by atoms with Crippen molar-refractivity contribution in [1.29, 1.82) is 0 Å². The highest BCUT2D eigenvalue weighted by molar-refractivity contribution is 7.99. The molecule has 0 saturated carbocycles. The second kappa shape index (κ2) is 6.07. The number of hydrogen-bond acceptors (Lipinski definition) is 2. The van der Waals surface area contributed by atoms with Crippen LogP contribution in [0.3, 0.4) is 0 Å².